The molecule has 1 aromatic heterocycles. The zero-order chi connectivity index (χ0) is 28.0. The lowest BCUT2D eigenvalue weighted by Crippen LogP contribution is -2.18. The molecule has 0 aliphatic rings. The molecule has 0 fully saturated rings. The summed E-state index contributed by atoms with van der Waals surface area (Å²) in [5.41, 5.74) is 5.01. The molecule has 2 N–H and O–H groups in total. The van der Waals surface area contributed by atoms with Crippen molar-refractivity contribution in [3.05, 3.63) is 112 Å². The molecular weight excluding hydrogens is 526 g/mol. The molecule has 4 aromatic rings. The van der Waals surface area contributed by atoms with Crippen LogP contribution in [0.15, 0.2) is 78.9 Å². The smallest absolute Gasteiger partial charge is 0.304 e. The lowest BCUT2D eigenvalue weighted by molar-refractivity contribution is -0.136. The van der Waals surface area contributed by atoms with Gasteiger partial charge in [0.1, 0.15) is 0 Å². The van der Waals surface area contributed by atoms with Crippen molar-refractivity contribution in [3.8, 4) is 0 Å². The lowest BCUT2D eigenvalue weighted by atomic mass is 9.90. The number of halogens is 1. The Morgan fingerprint density at radius 3 is 2.56 bits per heavy atom. The number of pyridine rings is 1. The fourth-order valence-electron chi connectivity index (χ4n) is 4.75. The van der Waals surface area contributed by atoms with Crippen molar-refractivity contribution >= 4 is 52.4 Å². The first-order valence-electron chi connectivity index (χ1n) is 13.1. The minimum absolute atomic E-state index is 0.0372. The third kappa shape index (κ3) is 8.18. The van der Waals surface area contributed by atoms with Crippen molar-refractivity contribution < 1.29 is 15.0 Å². The number of rotatable bonds is 11. The highest BCUT2D eigenvalue weighted by molar-refractivity contribution is 8.00. The van der Waals surface area contributed by atoms with Crippen molar-refractivity contribution in [1.82, 2.24) is 4.98 Å². The Labute approximate surface area is 239 Å². The van der Waals surface area contributed by atoms with Crippen LogP contribution < -0.4 is 0 Å². The van der Waals surface area contributed by atoms with E-state index >= 15 is 0 Å². The van der Waals surface area contributed by atoms with E-state index in [2.05, 4.69) is 24.3 Å². The number of nitrogens with zero attached hydrogens (tertiary/aromatic N) is 1. The van der Waals surface area contributed by atoms with Crippen LogP contribution in [0.25, 0.3) is 23.1 Å². The van der Waals surface area contributed by atoms with E-state index in [0.29, 0.717) is 5.02 Å². The van der Waals surface area contributed by atoms with Crippen molar-refractivity contribution in [2.45, 2.75) is 56.1 Å². The molecule has 0 radical (unpaired) electrons. The van der Waals surface area contributed by atoms with Crippen LogP contribution in [0.1, 0.15) is 66.8 Å². The maximum atomic E-state index is 11.4. The van der Waals surface area contributed by atoms with Crippen LogP contribution >= 0.6 is 23.4 Å². The summed E-state index contributed by atoms with van der Waals surface area (Å²) < 4.78 is 0. The molecule has 4 nitrogen and oxygen atoms in total. The summed E-state index contributed by atoms with van der Waals surface area (Å²) in [7, 11) is 0. The summed E-state index contributed by atoms with van der Waals surface area (Å²) in [6.07, 6.45) is 5.75. The van der Waals surface area contributed by atoms with Crippen LogP contribution in [0.4, 0.5) is 0 Å². The third-order valence-electron chi connectivity index (χ3n) is 6.62. The number of carboxylic acid groups (broad SMARTS) is 1. The largest absolute Gasteiger partial charge is 0.481 e. The van der Waals surface area contributed by atoms with E-state index in [4.69, 9.17) is 16.6 Å². The maximum Gasteiger partial charge on any atom is 0.304 e. The van der Waals surface area contributed by atoms with Crippen molar-refractivity contribution in [2.24, 2.45) is 0 Å². The van der Waals surface area contributed by atoms with Gasteiger partial charge in [-0.1, -0.05) is 85.3 Å². The zero-order valence-electron chi connectivity index (χ0n) is 22.5. The van der Waals surface area contributed by atoms with Gasteiger partial charge in [0.05, 0.1) is 23.2 Å². The molecule has 0 spiro atoms. The van der Waals surface area contributed by atoms with Crippen LogP contribution in [-0.2, 0) is 16.8 Å². The molecule has 0 saturated carbocycles. The number of aliphatic carboxylic acids is 1. The Bertz CT molecular complexity index is 1480. The van der Waals surface area contributed by atoms with Crippen LogP contribution in [-0.4, -0.2) is 26.4 Å². The standard InChI is InChI=1S/C33H34ClNO3S/c1-22(19-32(36)37)39-31(18-14-24-8-4-5-10-29(24)33(2,3)38)26-9-6-7-23(20-26)11-16-28-17-13-25-12-15-27(34)21-30(25)35-28/h4-13,15-17,20-22,31,38H,14,18-19H2,1-3H3,(H,36,37)/t22-,31+/m0/s1. The molecule has 0 amide bonds. The lowest BCUT2D eigenvalue weighted by Gasteiger charge is -2.24. The van der Waals surface area contributed by atoms with Gasteiger partial charge in [0.15, 0.2) is 0 Å². The average Bonchev–Trinajstić information content (AvgIpc) is 2.89. The molecule has 3 aromatic carbocycles. The van der Waals surface area contributed by atoms with Crippen molar-refractivity contribution in [3.63, 3.8) is 0 Å². The predicted molar refractivity (Wildman–Crippen MR) is 164 cm³/mol. The number of carbonyl (C=O) groups is 1. The second-order valence-electron chi connectivity index (χ2n) is 10.4. The van der Waals surface area contributed by atoms with E-state index in [1.54, 1.807) is 11.8 Å². The van der Waals surface area contributed by atoms with E-state index in [1.807, 2.05) is 87.5 Å². The van der Waals surface area contributed by atoms with Gasteiger partial charge in [0, 0.05) is 20.9 Å². The normalized spacial score (nSPS) is 13.6. The molecule has 0 aliphatic heterocycles. The van der Waals surface area contributed by atoms with Gasteiger partial charge in [-0.3, -0.25) is 4.79 Å². The minimum Gasteiger partial charge on any atom is -0.481 e. The van der Waals surface area contributed by atoms with Gasteiger partial charge in [-0.15, -0.1) is 0 Å². The number of aliphatic hydroxyl groups is 1. The number of thioether (sulfide) groups is 1. The van der Waals surface area contributed by atoms with Crippen LogP contribution in [0, 0.1) is 0 Å². The Balaban J connectivity index is 1.57. The molecule has 1 heterocycles. The van der Waals surface area contributed by atoms with Crippen LogP contribution in [0.5, 0.6) is 0 Å². The first-order valence-corrected chi connectivity index (χ1v) is 14.4. The summed E-state index contributed by atoms with van der Waals surface area (Å²) in [6.45, 7) is 5.58. The fourth-order valence-corrected chi connectivity index (χ4v) is 6.28. The molecule has 0 saturated heterocycles. The number of benzene rings is 3. The molecule has 39 heavy (non-hydrogen) atoms. The van der Waals surface area contributed by atoms with Gasteiger partial charge in [0.25, 0.3) is 0 Å². The third-order valence-corrected chi connectivity index (χ3v) is 8.32. The SMILES string of the molecule is C[C@@H](CC(=O)O)S[C@H](CCc1ccccc1C(C)(C)O)c1cccc(C=Cc2ccc3ccc(Cl)cc3n2)c1. The highest BCUT2D eigenvalue weighted by atomic mass is 35.5. The Morgan fingerprint density at radius 1 is 1.03 bits per heavy atom. The van der Waals surface area contributed by atoms with Gasteiger partial charge in [0.2, 0.25) is 0 Å². The number of carboxylic acids is 1. The van der Waals surface area contributed by atoms with E-state index in [1.165, 1.54) is 0 Å². The number of hydrogen-bond acceptors (Lipinski definition) is 4. The number of aromatic nitrogens is 1. The van der Waals surface area contributed by atoms with Crippen LogP contribution in [0.3, 0.4) is 0 Å². The van der Waals surface area contributed by atoms with Crippen molar-refractivity contribution in [1.29, 1.82) is 0 Å². The minimum atomic E-state index is -0.928. The molecule has 0 unspecified atom stereocenters. The molecule has 0 bridgehead atoms. The van der Waals surface area contributed by atoms with Gasteiger partial charge in [-0.05, 0) is 73.2 Å². The monoisotopic (exact) mass is 559 g/mol. The molecule has 2 atom stereocenters. The van der Waals surface area contributed by atoms with E-state index in [0.717, 1.165) is 51.7 Å². The van der Waals surface area contributed by atoms with Gasteiger partial charge < -0.3 is 10.2 Å². The van der Waals surface area contributed by atoms with Crippen molar-refractivity contribution in [2.75, 3.05) is 0 Å². The van der Waals surface area contributed by atoms with E-state index in [-0.39, 0.29) is 16.9 Å². The second kappa shape index (κ2) is 12.8. The first-order chi connectivity index (χ1) is 18.6. The van der Waals surface area contributed by atoms with E-state index in [9.17, 15) is 15.0 Å². The predicted octanol–water partition coefficient (Wildman–Crippen LogP) is 8.56. The first kappa shape index (κ1) is 28.9. The summed E-state index contributed by atoms with van der Waals surface area (Å²) in [5.74, 6) is -0.790. The molecule has 202 valence electrons. The highest BCUT2D eigenvalue weighted by Gasteiger charge is 2.22. The highest BCUT2D eigenvalue weighted by Crippen LogP contribution is 2.38. The summed E-state index contributed by atoms with van der Waals surface area (Å²) in [6, 6.07) is 26.1. The topological polar surface area (TPSA) is 70.4 Å². The fraction of sp³-hybridized carbons (Fsp3) is 0.273. The summed E-state index contributed by atoms with van der Waals surface area (Å²) in [4.78, 5) is 16.1. The van der Waals surface area contributed by atoms with E-state index < -0.39 is 11.6 Å². The quantitative estimate of drug-likeness (QED) is 0.192. The number of hydrogen-bond donors (Lipinski definition) is 2. The molecule has 0 aliphatic carbocycles. The summed E-state index contributed by atoms with van der Waals surface area (Å²) >= 11 is 7.84. The number of fused-ring (bicyclic) bond motifs is 1. The van der Waals surface area contributed by atoms with Gasteiger partial charge in [-0.25, -0.2) is 4.98 Å². The van der Waals surface area contributed by atoms with Gasteiger partial charge >= 0.3 is 5.97 Å². The molecule has 4 rings (SSSR count). The number of aryl methyl sites for hydroxylation is 1. The zero-order valence-corrected chi connectivity index (χ0v) is 24.0. The Morgan fingerprint density at radius 2 is 1.79 bits per heavy atom. The Kier molecular flexibility index (Phi) is 9.49. The summed E-state index contributed by atoms with van der Waals surface area (Å²) in [5, 5.41) is 21.8. The van der Waals surface area contributed by atoms with Crippen LogP contribution in [0.2, 0.25) is 5.02 Å². The Hall–Kier alpha value is -3.12. The second-order valence-corrected chi connectivity index (χ2v) is 12.4. The molecular formula is C33H34ClNO3S. The molecule has 6 heteroatoms. The maximum absolute atomic E-state index is 11.4. The van der Waals surface area contributed by atoms with Gasteiger partial charge in [-0.2, -0.15) is 11.8 Å². The average molecular weight is 560 g/mol.